The quantitative estimate of drug-likeness (QED) is 0.248. The molecule has 4 atom stereocenters. The molecule has 1 fully saturated rings. The van der Waals surface area contributed by atoms with Gasteiger partial charge in [-0.15, -0.1) is 11.6 Å². The highest BCUT2D eigenvalue weighted by molar-refractivity contribution is 14.1. The van der Waals surface area contributed by atoms with Crippen LogP contribution in [0, 0.1) is 11.8 Å². The summed E-state index contributed by atoms with van der Waals surface area (Å²) in [6.45, 7) is 0. The predicted molar refractivity (Wildman–Crippen MR) is 58.2 cm³/mol. The Morgan fingerprint density at radius 3 is 1.76 bits per heavy atom. The number of hydrogen-bond acceptors (Lipinski definition) is 0. The van der Waals surface area contributed by atoms with Crippen LogP contribution >= 0.6 is 34.2 Å². The number of halogens is 8. The molecule has 17 heavy (non-hydrogen) atoms. The Labute approximate surface area is 112 Å². The highest BCUT2D eigenvalue weighted by atomic mass is 127. The zero-order valence-electron chi connectivity index (χ0n) is 8.04. The minimum absolute atomic E-state index is 0.147. The van der Waals surface area contributed by atoms with E-state index in [1.165, 1.54) is 0 Å². The minimum Gasteiger partial charge on any atom is -0.166 e. The fourth-order valence-corrected chi connectivity index (χ4v) is 4.22. The van der Waals surface area contributed by atoms with Crippen molar-refractivity contribution in [1.82, 2.24) is 0 Å². The maximum Gasteiger partial charge on any atom is 0.413 e. The van der Waals surface area contributed by atoms with Crippen LogP contribution in [0.1, 0.15) is 6.42 Å². The molecule has 2 aliphatic rings. The molecular formula is C9H6ClF6I. The Morgan fingerprint density at radius 2 is 1.35 bits per heavy atom. The third kappa shape index (κ3) is 2.06. The Hall–Kier alpha value is 0.340. The standard InChI is InChI=1S/C9H6ClF6I/c10-6-2-1-3(7(6)17)5(9(14,15)16)4(2)8(11,12)13/h2-3,6-7H,1H2. The van der Waals surface area contributed by atoms with Crippen LogP contribution in [0.15, 0.2) is 11.1 Å². The van der Waals surface area contributed by atoms with Crippen LogP contribution in [0.3, 0.4) is 0 Å². The van der Waals surface area contributed by atoms with Gasteiger partial charge in [0.25, 0.3) is 0 Å². The Morgan fingerprint density at radius 1 is 0.941 bits per heavy atom. The summed E-state index contributed by atoms with van der Waals surface area (Å²) in [7, 11) is 0. The highest BCUT2D eigenvalue weighted by Gasteiger charge is 2.63. The van der Waals surface area contributed by atoms with Crippen molar-refractivity contribution in [3.63, 3.8) is 0 Å². The topological polar surface area (TPSA) is 0 Å². The fourth-order valence-electron chi connectivity index (χ4n) is 2.66. The molecule has 98 valence electrons. The SMILES string of the molecule is FC(F)(F)C1=C(C(F)(F)F)C2CC1C(Cl)C2I. The molecule has 0 aromatic carbocycles. The summed E-state index contributed by atoms with van der Waals surface area (Å²) >= 11 is 7.48. The molecule has 0 nitrogen and oxygen atoms in total. The first-order valence-electron chi connectivity index (χ1n) is 4.71. The number of hydrogen-bond donors (Lipinski definition) is 0. The molecule has 0 amide bonds. The molecule has 0 aromatic heterocycles. The van der Waals surface area contributed by atoms with Gasteiger partial charge >= 0.3 is 12.4 Å². The van der Waals surface area contributed by atoms with Gasteiger partial charge in [0.1, 0.15) is 0 Å². The summed E-state index contributed by atoms with van der Waals surface area (Å²) in [6, 6.07) is 0. The predicted octanol–water partition coefficient (Wildman–Crippen LogP) is 4.47. The van der Waals surface area contributed by atoms with Gasteiger partial charge in [0, 0.05) is 26.9 Å². The van der Waals surface area contributed by atoms with Gasteiger partial charge in [-0.05, 0) is 6.42 Å². The number of fused-ring (bicyclic) bond motifs is 2. The maximum absolute atomic E-state index is 12.7. The van der Waals surface area contributed by atoms with Crippen molar-refractivity contribution in [2.24, 2.45) is 11.8 Å². The van der Waals surface area contributed by atoms with Gasteiger partial charge in [-0.2, -0.15) is 26.3 Å². The lowest BCUT2D eigenvalue weighted by molar-refractivity contribution is -0.121. The number of allylic oxidation sites excluding steroid dienone is 2. The first kappa shape index (κ1) is 13.8. The molecule has 0 radical (unpaired) electrons. The smallest absolute Gasteiger partial charge is 0.166 e. The Balaban J connectivity index is 2.56. The number of alkyl halides is 8. The van der Waals surface area contributed by atoms with E-state index in [-0.39, 0.29) is 6.42 Å². The van der Waals surface area contributed by atoms with E-state index in [2.05, 4.69) is 0 Å². The van der Waals surface area contributed by atoms with Crippen LogP contribution in [0.2, 0.25) is 0 Å². The molecule has 2 bridgehead atoms. The zero-order chi connectivity index (χ0) is 13.2. The van der Waals surface area contributed by atoms with Crippen LogP contribution in [-0.2, 0) is 0 Å². The van der Waals surface area contributed by atoms with E-state index in [0.717, 1.165) is 0 Å². The Kier molecular flexibility index (Phi) is 3.17. The van der Waals surface area contributed by atoms with Crippen LogP contribution < -0.4 is 0 Å². The van der Waals surface area contributed by atoms with Crippen molar-refractivity contribution >= 4 is 34.2 Å². The third-order valence-corrected chi connectivity index (χ3v) is 5.87. The normalized spacial score (nSPS) is 38.1. The van der Waals surface area contributed by atoms with Gasteiger partial charge in [-0.1, -0.05) is 22.6 Å². The molecule has 0 heterocycles. The average molecular weight is 390 g/mol. The van der Waals surface area contributed by atoms with Gasteiger partial charge in [0.15, 0.2) is 0 Å². The van der Waals surface area contributed by atoms with E-state index in [4.69, 9.17) is 11.6 Å². The van der Waals surface area contributed by atoms with Crippen molar-refractivity contribution in [3.05, 3.63) is 11.1 Å². The highest BCUT2D eigenvalue weighted by Crippen LogP contribution is 2.60. The molecule has 2 rings (SSSR count). The molecule has 1 saturated carbocycles. The number of rotatable bonds is 0. The zero-order valence-corrected chi connectivity index (χ0v) is 11.0. The van der Waals surface area contributed by atoms with E-state index >= 15 is 0 Å². The van der Waals surface area contributed by atoms with Gasteiger partial charge in [-0.3, -0.25) is 0 Å². The molecule has 0 saturated heterocycles. The molecule has 0 aliphatic heterocycles. The lowest BCUT2D eigenvalue weighted by Crippen LogP contribution is -2.35. The molecule has 0 aromatic rings. The second-order valence-corrected chi connectivity index (χ2v) is 6.10. The van der Waals surface area contributed by atoms with Crippen molar-refractivity contribution in [3.8, 4) is 0 Å². The summed E-state index contributed by atoms with van der Waals surface area (Å²) in [5, 5.41) is -0.872. The van der Waals surface area contributed by atoms with Crippen LogP contribution in [-0.4, -0.2) is 21.7 Å². The Bertz CT molecular complexity index is 337. The molecule has 2 aliphatic carbocycles. The van der Waals surface area contributed by atoms with E-state index in [9.17, 15) is 26.3 Å². The molecule has 4 unspecified atom stereocenters. The summed E-state index contributed by atoms with van der Waals surface area (Å²) in [5.74, 6) is -2.35. The van der Waals surface area contributed by atoms with Gasteiger partial charge in [-0.25, -0.2) is 0 Å². The minimum atomic E-state index is -4.95. The van der Waals surface area contributed by atoms with E-state index in [1.807, 2.05) is 0 Å². The second kappa shape index (κ2) is 3.91. The summed E-state index contributed by atoms with van der Waals surface area (Å²) in [4.78, 5) is 0. The summed E-state index contributed by atoms with van der Waals surface area (Å²) < 4.78 is 75.5. The largest absolute Gasteiger partial charge is 0.413 e. The lowest BCUT2D eigenvalue weighted by Gasteiger charge is -2.29. The van der Waals surface area contributed by atoms with E-state index < -0.39 is 44.6 Å². The van der Waals surface area contributed by atoms with E-state index in [1.54, 1.807) is 22.6 Å². The first-order valence-corrected chi connectivity index (χ1v) is 6.40. The van der Waals surface area contributed by atoms with E-state index in [0.29, 0.717) is 0 Å². The van der Waals surface area contributed by atoms with Gasteiger partial charge in [0.05, 0.1) is 5.38 Å². The molecule has 0 N–H and O–H groups in total. The monoisotopic (exact) mass is 390 g/mol. The van der Waals surface area contributed by atoms with Crippen LogP contribution in [0.5, 0.6) is 0 Å². The van der Waals surface area contributed by atoms with Gasteiger partial charge in [0.2, 0.25) is 0 Å². The molecular weight excluding hydrogens is 384 g/mol. The average Bonchev–Trinajstić information content (AvgIpc) is 2.62. The summed E-state index contributed by atoms with van der Waals surface area (Å²) in [6.07, 6.45) is -10.0. The van der Waals surface area contributed by atoms with Crippen molar-refractivity contribution < 1.29 is 26.3 Å². The lowest BCUT2D eigenvalue weighted by atomic mass is 9.90. The molecule has 0 spiro atoms. The van der Waals surface area contributed by atoms with Crippen molar-refractivity contribution in [2.75, 3.05) is 0 Å². The second-order valence-electron chi connectivity index (χ2n) is 4.16. The molecule has 8 heteroatoms. The fraction of sp³-hybridized carbons (Fsp3) is 0.778. The van der Waals surface area contributed by atoms with Crippen molar-refractivity contribution in [2.45, 2.75) is 28.1 Å². The maximum atomic E-state index is 12.7. The van der Waals surface area contributed by atoms with Crippen molar-refractivity contribution in [1.29, 1.82) is 0 Å². The van der Waals surface area contributed by atoms with Crippen LogP contribution in [0.25, 0.3) is 0 Å². The third-order valence-electron chi connectivity index (χ3n) is 3.22. The summed E-state index contributed by atoms with van der Waals surface area (Å²) in [5.41, 5.74) is -2.87. The van der Waals surface area contributed by atoms with Gasteiger partial charge < -0.3 is 0 Å². The first-order chi connectivity index (χ1) is 7.55. The van der Waals surface area contributed by atoms with Crippen LogP contribution in [0.4, 0.5) is 26.3 Å².